The van der Waals surface area contributed by atoms with E-state index >= 15 is 0 Å². The van der Waals surface area contributed by atoms with Crippen LogP contribution in [-0.2, 0) is 6.54 Å². The number of rotatable bonds is 6. The molecule has 6 heteroatoms. The molecule has 0 saturated heterocycles. The van der Waals surface area contributed by atoms with Crippen LogP contribution in [0, 0.1) is 0 Å². The van der Waals surface area contributed by atoms with Gasteiger partial charge in [-0.25, -0.2) is 15.0 Å². The summed E-state index contributed by atoms with van der Waals surface area (Å²) in [6.07, 6.45) is 3.54. The molecule has 168 valence electrons. The van der Waals surface area contributed by atoms with Gasteiger partial charge in [-0.2, -0.15) is 0 Å². The van der Waals surface area contributed by atoms with Crippen molar-refractivity contribution in [1.82, 2.24) is 19.9 Å². The summed E-state index contributed by atoms with van der Waals surface area (Å²) < 4.78 is 0. The van der Waals surface area contributed by atoms with E-state index in [0.717, 1.165) is 39.1 Å². The largest absolute Gasteiger partial charge is 0.384 e. The number of benzene rings is 2. The quantitative estimate of drug-likeness (QED) is 0.329. The van der Waals surface area contributed by atoms with Crippen LogP contribution in [0.5, 0.6) is 0 Å². The molecule has 0 atom stereocenters. The first-order valence-corrected chi connectivity index (χ1v) is 11.4. The first-order chi connectivity index (χ1) is 16.6. The fraction of sp³-hybridized carbons (Fsp3) is 0.143. The van der Waals surface area contributed by atoms with E-state index in [2.05, 4.69) is 71.6 Å². The number of nitrogens with zero attached hydrogens (tertiary/aromatic N) is 4. The van der Waals surface area contributed by atoms with E-state index in [4.69, 9.17) is 15.7 Å². The van der Waals surface area contributed by atoms with Gasteiger partial charge in [-0.15, -0.1) is 0 Å². The zero-order chi connectivity index (χ0) is 23.5. The summed E-state index contributed by atoms with van der Waals surface area (Å²) in [5, 5.41) is 4.33. The van der Waals surface area contributed by atoms with Gasteiger partial charge in [0.2, 0.25) is 0 Å². The predicted octanol–water partition coefficient (Wildman–Crippen LogP) is 6.07. The number of hydrogen-bond acceptors (Lipinski definition) is 6. The molecule has 0 unspecified atom stereocenters. The fourth-order valence-corrected chi connectivity index (χ4v) is 4.01. The number of anilines is 2. The minimum absolute atomic E-state index is 0.354. The van der Waals surface area contributed by atoms with Gasteiger partial charge >= 0.3 is 0 Å². The second kappa shape index (κ2) is 9.27. The summed E-state index contributed by atoms with van der Waals surface area (Å²) in [5.41, 5.74) is 12.2. The number of hydrogen-bond donors (Lipinski definition) is 2. The normalized spacial score (nSPS) is 11.1. The minimum atomic E-state index is 0.354. The van der Waals surface area contributed by atoms with Crippen molar-refractivity contribution in [3.63, 3.8) is 0 Å². The third-order valence-corrected chi connectivity index (χ3v) is 5.80. The highest BCUT2D eigenvalue weighted by Gasteiger charge is 2.14. The lowest BCUT2D eigenvalue weighted by atomic mass is 9.97. The highest BCUT2D eigenvalue weighted by molar-refractivity contribution is 5.91. The van der Waals surface area contributed by atoms with Crippen molar-refractivity contribution in [3.05, 3.63) is 96.3 Å². The SMILES string of the molecule is CC(C)c1ccccc1-c1nc(NCc2ccc(-c3ccccn3)cc2)c2cnc(N)cc2n1. The molecular formula is C28H26N6. The van der Waals surface area contributed by atoms with Crippen molar-refractivity contribution in [2.75, 3.05) is 11.1 Å². The lowest BCUT2D eigenvalue weighted by Crippen LogP contribution is -2.06. The Morgan fingerprint density at radius 3 is 2.44 bits per heavy atom. The van der Waals surface area contributed by atoms with Crippen LogP contribution in [0.3, 0.4) is 0 Å². The van der Waals surface area contributed by atoms with Gasteiger partial charge in [0.1, 0.15) is 11.6 Å². The molecule has 0 amide bonds. The van der Waals surface area contributed by atoms with Gasteiger partial charge in [0, 0.05) is 36.1 Å². The Morgan fingerprint density at radius 2 is 1.68 bits per heavy atom. The van der Waals surface area contributed by atoms with Crippen LogP contribution >= 0.6 is 0 Å². The molecule has 6 nitrogen and oxygen atoms in total. The number of pyridine rings is 2. The second-order valence-corrected chi connectivity index (χ2v) is 8.53. The molecule has 0 radical (unpaired) electrons. The lowest BCUT2D eigenvalue weighted by molar-refractivity contribution is 0.866. The summed E-state index contributed by atoms with van der Waals surface area (Å²) in [6.45, 7) is 4.97. The van der Waals surface area contributed by atoms with Crippen LogP contribution in [0.15, 0.2) is 85.2 Å². The average molecular weight is 447 g/mol. The van der Waals surface area contributed by atoms with E-state index in [0.29, 0.717) is 24.1 Å². The van der Waals surface area contributed by atoms with Gasteiger partial charge in [0.05, 0.1) is 16.6 Å². The Labute approximate surface area is 199 Å². The maximum Gasteiger partial charge on any atom is 0.162 e. The van der Waals surface area contributed by atoms with Gasteiger partial charge in [-0.3, -0.25) is 4.98 Å². The number of fused-ring (bicyclic) bond motifs is 1. The number of nitrogens with two attached hydrogens (primary N) is 1. The molecule has 34 heavy (non-hydrogen) atoms. The molecule has 0 aliphatic carbocycles. The van der Waals surface area contributed by atoms with E-state index in [1.54, 1.807) is 18.5 Å². The molecule has 3 N–H and O–H groups in total. The smallest absolute Gasteiger partial charge is 0.162 e. The molecule has 0 fully saturated rings. The van der Waals surface area contributed by atoms with Gasteiger partial charge in [0.15, 0.2) is 5.82 Å². The molecular weight excluding hydrogens is 420 g/mol. The Morgan fingerprint density at radius 1 is 0.882 bits per heavy atom. The molecule has 3 heterocycles. The van der Waals surface area contributed by atoms with Crippen LogP contribution in [0.1, 0.15) is 30.9 Å². The van der Waals surface area contributed by atoms with Gasteiger partial charge < -0.3 is 11.1 Å². The number of aromatic nitrogens is 4. The van der Waals surface area contributed by atoms with Crippen LogP contribution in [-0.4, -0.2) is 19.9 Å². The third-order valence-electron chi connectivity index (χ3n) is 5.80. The van der Waals surface area contributed by atoms with Crippen LogP contribution < -0.4 is 11.1 Å². The van der Waals surface area contributed by atoms with Crippen molar-refractivity contribution in [1.29, 1.82) is 0 Å². The van der Waals surface area contributed by atoms with Gasteiger partial charge in [-0.1, -0.05) is 68.4 Å². The molecule has 3 aromatic heterocycles. The van der Waals surface area contributed by atoms with E-state index in [-0.39, 0.29) is 0 Å². The van der Waals surface area contributed by atoms with Crippen LogP contribution in [0.25, 0.3) is 33.5 Å². The van der Waals surface area contributed by atoms with Crippen molar-refractivity contribution >= 4 is 22.5 Å². The van der Waals surface area contributed by atoms with Crippen LogP contribution in [0.2, 0.25) is 0 Å². The molecule has 5 rings (SSSR count). The second-order valence-electron chi connectivity index (χ2n) is 8.53. The van der Waals surface area contributed by atoms with Crippen molar-refractivity contribution < 1.29 is 0 Å². The standard InChI is InChI=1S/C28H26N6/c1-18(2)21-7-3-4-8-22(21)28-33-25-15-26(29)31-17-23(25)27(34-28)32-16-19-10-12-20(13-11-19)24-9-5-6-14-30-24/h3-15,17-18H,16H2,1-2H3,(H2,29,31)(H,32,33,34). The van der Waals surface area contributed by atoms with Gasteiger partial charge in [0.25, 0.3) is 0 Å². The average Bonchev–Trinajstić information content (AvgIpc) is 2.87. The summed E-state index contributed by atoms with van der Waals surface area (Å²) >= 11 is 0. The predicted molar refractivity (Wildman–Crippen MR) is 138 cm³/mol. The summed E-state index contributed by atoms with van der Waals surface area (Å²) in [5.74, 6) is 2.20. The molecule has 0 saturated carbocycles. The molecule has 0 aliphatic heterocycles. The van der Waals surface area contributed by atoms with Gasteiger partial charge in [-0.05, 0) is 29.2 Å². The number of nitrogens with one attached hydrogen (secondary N) is 1. The maximum absolute atomic E-state index is 5.97. The summed E-state index contributed by atoms with van der Waals surface area (Å²) in [4.78, 5) is 18.4. The first-order valence-electron chi connectivity index (χ1n) is 11.4. The minimum Gasteiger partial charge on any atom is -0.384 e. The summed E-state index contributed by atoms with van der Waals surface area (Å²) in [7, 11) is 0. The summed E-state index contributed by atoms with van der Waals surface area (Å²) in [6, 6.07) is 24.4. The van der Waals surface area contributed by atoms with Crippen molar-refractivity contribution in [2.45, 2.75) is 26.3 Å². The first kappa shape index (κ1) is 21.5. The Hall–Kier alpha value is -4.32. The highest BCUT2D eigenvalue weighted by atomic mass is 15.0. The highest BCUT2D eigenvalue weighted by Crippen LogP contribution is 2.30. The van der Waals surface area contributed by atoms with Crippen LogP contribution in [0.4, 0.5) is 11.6 Å². The molecule has 0 bridgehead atoms. The number of nitrogen functional groups attached to an aromatic ring is 1. The van der Waals surface area contributed by atoms with E-state index < -0.39 is 0 Å². The van der Waals surface area contributed by atoms with Crippen molar-refractivity contribution in [3.8, 4) is 22.6 Å². The molecule has 0 spiro atoms. The topological polar surface area (TPSA) is 89.6 Å². The Balaban J connectivity index is 1.48. The lowest BCUT2D eigenvalue weighted by Gasteiger charge is -2.15. The molecule has 5 aromatic rings. The van der Waals surface area contributed by atoms with E-state index in [1.807, 2.05) is 24.3 Å². The van der Waals surface area contributed by atoms with E-state index in [9.17, 15) is 0 Å². The zero-order valence-electron chi connectivity index (χ0n) is 19.2. The zero-order valence-corrected chi connectivity index (χ0v) is 19.2. The fourth-order valence-electron chi connectivity index (χ4n) is 4.01. The Bertz CT molecular complexity index is 1430. The van der Waals surface area contributed by atoms with Crippen molar-refractivity contribution in [2.24, 2.45) is 0 Å². The Kier molecular flexibility index (Phi) is 5.87. The monoisotopic (exact) mass is 446 g/mol. The molecule has 0 aliphatic rings. The third kappa shape index (κ3) is 4.43. The van der Waals surface area contributed by atoms with E-state index in [1.165, 1.54) is 5.56 Å². The molecule has 2 aromatic carbocycles. The maximum atomic E-state index is 5.97.